The van der Waals surface area contributed by atoms with E-state index in [1.807, 2.05) is 26.0 Å². The highest BCUT2D eigenvalue weighted by molar-refractivity contribution is 5.99. The van der Waals surface area contributed by atoms with Crippen LogP contribution >= 0.6 is 0 Å². The first-order chi connectivity index (χ1) is 20.4. The van der Waals surface area contributed by atoms with E-state index in [1.165, 1.54) is 23.1 Å². The zero-order valence-corrected chi connectivity index (χ0v) is 25.6. The molecule has 230 valence electrons. The van der Waals surface area contributed by atoms with Gasteiger partial charge in [0.1, 0.15) is 29.2 Å². The summed E-state index contributed by atoms with van der Waals surface area (Å²) < 4.78 is 5.48. The topological polar surface area (TPSA) is 128 Å². The Kier molecular flexibility index (Phi) is 11.6. The zero-order valence-electron chi connectivity index (χ0n) is 25.6. The summed E-state index contributed by atoms with van der Waals surface area (Å²) in [6.45, 7) is 9.29. The molecule has 0 saturated heterocycles. The van der Waals surface area contributed by atoms with E-state index in [0.29, 0.717) is 17.7 Å². The second-order valence-electron chi connectivity index (χ2n) is 11.6. The maximum Gasteiger partial charge on any atom is 0.408 e. The van der Waals surface area contributed by atoms with Gasteiger partial charge in [-0.25, -0.2) is 4.79 Å². The smallest absolute Gasteiger partial charge is 0.408 e. The van der Waals surface area contributed by atoms with E-state index in [1.54, 1.807) is 63.2 Å². The normalized spacial score (nSPS) is 12.6. The largest absolute Gasteiger partial charge is 0.508 e. The van der Waals surface area contributed by atoms with E-state index in [4.69, 9.17) is 4.74 Å². The van der Waals surface area contributed by atoms with Crippen LogP contribution in [0.5, 0.6) is 11.5 Å². The highest BCUT2D eigenvalue weighted by Crippen LogP contribution is 2.32. The first kappa shape index (κ1) is 33.0. The summed E-state index contributed by atoms with van der Waals surface area (Å²) in [5, 5.41) is 26.3. The molecular weight excluding hydrogens is 546 g/mol. The van der Waals surface area contributed by atoms with E-state index >= 15 is 0 Å². The number of aryl methyl sites for hydroxylation is 1. The highest BCUT2D eigenvalue weighted by Gasteiger charge is 2.37. The standard InChI is InChI=1S/C34H43N3O6/c1-6-7-12-21-37(30(26-14-9-11-16-29(26)39)31(40)35-27-15-10-8-13-23(27)2)32(41)28(36-33(42)43-34(3,4)5)22-24-17-19-25(38)20-18-24/h8-11,13-20,28,30,38-39H,6-7,12,21-22H2,1-5H3,(H,35,40)(H,36,42). The Hall–Kier alpha value is -4.53. The summed E-state index contributed by atoms with van der Waals surface area (Å²) in [5.74, 6) is -1.07. The summed E-state index contributed by atoms with van der Waals surface area (Å²) in [5.41, 5.74) is 1.57. The second kappa shape index (κ2) is 15.1. The van der Waals surface area contributed by atoms with Crippen LogP contribution in [0.2, 0.25) is 0 Å². The number of anilines is 1. The number of rotatable bonds is 12. The lowest BCUT2D eigenvalue weighted by molar-refractivity contribution is -0.141. The summed E-state index contributed by atoms with van der Waals surface area (Å²) >= 11 is 0. The highest BCUT2D eigenvalue weighted by atomic mass is 16.6. The van der Waals surface area contributed by atoms with Gasteiger partial charge in [0.05, 0.1) is 0 Å². The molecule has 0 radical (unpaired) electrons. The average Bonchev–Trinajstić information content (AvgIpc) is 2.94. The number of amides is 3. The fourth-order valence-electron chi connectivity index (χ4n) is 4.70. The molecule has 3 rings (SSSR count). The van der Waals surface area contributed by atoms with Crippen molar-refractivity contribution >= 4 is 23.6 Å². The van der Waals surface area contributed by atoms with Crippen molar-refractivity contribution < 1.29 is 29.3 Å². The molecule has 0 bridgehead atoms. The molecule has 3 aromatic carbocycles. The van der Waals surface area contributed by atoms with Crippen LogP contribution in [0.3, 0.4) is 0 Å². The van der Waals surface area contributed by atoms with Gasteiger partial charge in [-0.2, -0.15) is 0 Å². The SMILES string of the molecule is CCCCCN(C(=O)C(Cc1ccc(O)cc1)NC(=O)OC(C)(C)C)C(C(=O)Nc1ccccc1C)c1ccccc1O. The Bertz CT molecular complexity index is 1380. The van der Waals surface area contributed by atoms with Gasteiger partial charge in [-0.1, -0.05) is 68.3 Å². The fourth-order valence-corrected chi connectivity index (χ4v) is 4.70. The van der Waals surface area contributed by atoms with E-state index in [0.717, 1.165) is 18.4 Å². The van der Waals surface area contributed by atoms with Crippen molar-refractivity contribution in [2.45, 2.75) is 78.0 Å². The number of nitrogens with zero attached hydrogens (tertiary/aromatic N) is 1. The monoisotopic (exact) mass is 589 g/mol. The molecule has 0 fully saturated rings. The number of nitrogens with one attached hydrogen (secondary N) is 2. The van der Waals surface area contributed by atoms with Gasteiger partial charge in [0.2, 0.25) is 5.91 Å². The molecule has 9 nitrogen and oxygen atoms in total. The molecular formula is C34H43N3O6. The lowest BCUT2D eigenvalue weighted by Gasteiger charge is -2.35. The summed E-state index contributed by atoms with van der Waals surface area (Å²) in [6, 6.07) is 17.8. The van der Waals surface area contributed by atoms with Crippen molar-refractivity contribution in [3.05, 3.63) is 89.5 Å². The number of unbranched alkanes of at least 4 members (excludes halogenated alkanes) is 2. The molecule has 0 aliphatic heterocycles. The van der Waals surface area contributed by atoms with Crippen molar-refractivity contribution in [1.29, 1.82) is 0 Å². The van der Waals surface area contributed by atoms with E-state index in [9.17, 15) is 24.6 Å². The molecule has 0 aliphatic rings. The molecule has 2 unspecified atom stereocenters. The van der Waals surface area contributed by atoms with Crippen molar-refractivity contribution in [1.82, 2.24) is 10.2 Å². The minimum absolute atomic E-state index is 0.0698. The van der Waals surface area contributed by atoms with Gasteiger partial charge < -0.3 is 30.5 Å². The first-order valence-corrected chi connectivity index (χ1v) is 14.6. The third kappa shape index (κ3) is 9.77. The molecule has 9 heteroatoms. The van der Waals surface area contributed by atoms with Crippen LogP contribution in [0.1, 0.15) is 69.7 Å². The maximum absolute atomic E-state index is 14.5. The molecule has 4 N–H and O–H groups in total. The minimum Gasteiger partial charge on any atom is -0.508 e. The Balaban J connectivity index is 2.09. The summed E-state index contributed by atoms with van der Waals surface area (Å²) in [4.78, 5) is 42.9. The van der Waals surface area contributed by atoms with E-state index in [-0.39, 0.29) is 30.0 Å². The molecule has 0 aromatic heterocycles. The predicted octanol–water partition coefficient (Wildman–Crippen LogP) is 6.24. The number of carbonyl (C=O) groups is 3. The Morgan fingerprint density at radius 3 is 2.19 bits per heavy atom. The quantitative estimate of drug-likeness (QED) is 0.185. The van der Waals surface area contributed by atoms with Crippen LogP contribution in [0.25, 0.3) is 0 Å². The van der Waals surface area contributed by atoms with Gasteiger partial charge in [-0.05, 0) is 69.5 Å². The van der Waals surface area contributed by atoms with Gasteiger partial charge in [-0.15, -0.1) is 0 Å². The van der Waals surface area contributed by atoms with Gasteiger partial charge in [0, 0.05) is 24.2 Å². The predicted molar refractivity (Wildman–Crippen MR) is 167 cm³/mol. The molecule has 0 aliphatic carbocycles. The average molecular weight is 590 g/mol. The lowest BCUT2D eigenvalue weighted by Crippen LogP contribution is -2.53. The van der Waals surface area contributed by atoms with Crippen molar-refractivity contribution in [2.24, 2.45) is 0 Å². The van der Waals surface area contributed by atoms with Crippen LogP contribution < -0.4 is 10.6 Å². The van der Waals surface area contributed by atoms with Gasteiger partial charge in [0.15, 0.2) is 0 Å². The van der Waals surface area contributed by atoms with E-state index in [2.05, 4.69) is 10.6 Å². The van der Waals surface area contributed by atoms with Crippen molar-refractivity contribution in [3.8, 4) is 11.5 Å². The van der Waals surface area contributed by atoms with Crippen LogP contribution in [-0.2, 0) is 20.7 Å². The number of aromatic hydroxyl groups is 2. The molecule has 3 amide bonds. The van der Waals surface area contributed by atoms with Crippen LogP contribution in [0, 0.1) is 6.92 Å². The number of hydrogen-bond donors (Lipinski definition) is 4. The Morgan fingerprint density at radius 1 is 0.907 bits per heavy atom. The summed E-state index contributed by atoms with van der Waals surface area (Å²) in [7, 11) is 0. The Morgan fingerprint density at radius 2 is 1.56 bits per heavy atom. The first-order valence-electron chi connectivity index (χ1n) is 14.6. The zero-order chi connectivity index (χ0) is 31.6. The number of ether oxygens (including phenoxy) is 1. The molecule has 2 atom stereocenters. The number of para-hydroxylation sites is 2. The number of benzene rings is 3. The number of phenolic OH excluding ortho intramolecular Hbond substituents is 2. The third-order valence-corrected chi connectivity index (χ3v) is 6.85. The number of hydrogen-bond acceptors (Lipinski definition) is 6. The van der Waals surface area contributed by atoms with Crippen LogP contribution in [0.4, 0.5) is 10.5 Å². The molecule has 0 spiro atoms. The number of alkyl carbamates (subject to hydrolysis) is 1. The van der Waals surface area contributed by atoms with Gasteiger partial charge in [0.25, 0.3) is 5.91 Å². The molecule has 0 heterocycles. The van der Waals surface area contributed by atoms with Crippen molar-refractivity contribution in [3.63, 3.8) is 0 Å². The van der Waals surface area contributed by atoms with Gasteiger partial charge in [-0.3, -0.25) is 9.59 Å². The molecule has 0 saturated carbocycles. The van der Waals surface area contributed by atoms with E-state index < -0.39 is 35.6 Å². The van der Waals surface area contributed by atoms with Gasteiger partial charge >= 0.3 is 6.09 Å². The summed E-state index contributed by atoms with van der Waals surface area (Å²) in [6.07, 6.45) is 1.59. The second-order valence-corrected chi connectivity index (χ2v) is 11.6. The molecule has 3 aromatic rings. The van der Waals surface area contributed by atoms with Crippen molar-refractivity contribution in [2.75, 3.05) is 11.9 Å². The van der Waals surface area contributed by atoms with Crippen LogP contribution in [-0.4, -0.2) is 51.2 Å². The maximum atomic E-state index is 14.5. The number of carbonyl (C=O) groups excluding carboxylic acids is 3. The third-order valence-electron chi connectivity index (χ3n) is 6.85. The lowest BCUT2D eigenvalue weighted by atomic mass is 9.98. The fraction of sp³-hybridized carbons (Fsp3) is 0.382. The minimum atomic E-state index is -1.20. The number of phenols is 2. The molecule has 43 heavy (non-hydrogen) atoms. The Labute approximate surface area is 253 Å². The van der Waals surface area contributed by atoms with Crippen LogP contribution in [0.15, 0.2) is 72.8 Å².